The normalized spacial score (nSPS) is 15.0. The molecule has 0 amide bonds. The quantitative estimate of drug-likeness (QED) is 0.775. The topological polar surface area (TPSA) is 58.2 Å². The van der Waals surface area contributed by atoms with E-state index < -0.39 is 10.0 Å². The molecule has 0 heterocycles. The molecule has 0 spiro atoms. The number of hydrogen-bond acceptors (Lipinski definition) is 3. The fraction of sp³-hybridized carbons (Fsp3) is 0.600. The van der Waals surface area contributed by atoms with Crippen LogP contribution >= 0.6 is 0 Å². The van der Waals surface area contributed by atoms with Gasteiger partial charge in [0.2, 0.25) is 10.0 Å². The molecule has 2 unspecified atom stereocenters. The Hall–Kier alpha value is -0.910. The molecule has 114 valence electrons. The van der Waals surface area contributed by atoms with Crippen LogP contribution in [-0.2, 0) is 10.0 Å². The lowest BCUT2D eigenvalue weighted by Gasteiger charge is -2.26. The van der Waals surface area contributed by atoms with Crippen LogP contribution in [0.3, 0.4) is 0 Å². The van der Waals surface area contributed by atoms with E-state index in [1.54, 1.807) is 12.1 Å². The molecule has 0 radical (unpaired) electrons. The fourth-order valence-electron chi connectivity index (χ4n) is 2.43. The summed E-state index contributed by atoms with van der Waals surface area (Å²) in [5.41, 5.74) is 0.873. The van der Waals surface area contributed by atoms with Crippen molar-refractivity contribution >= 4 is 10.0 Å². The summed E-state index contributed by atoms with van der Waals surface area (Å²) in [6.45, 7) is 7.29. The molecule has 0 aromatic heterocycles. The van der Waals surface area contributed by atoms with Crippen molar-refractivity contribution in [2.75, 3.05) is 13.6 Å². The molecule has 1 aromatic carbocycles. The van der Waals surface area contributed by atoms with Crippen molar-refractivity contribution in [2.24, 2.45) is 0 Å². The maximum absolute atomic E-state index is 12.1. The highest BCUT2D eigenvalue weighted by Gasteiger charge is 2.24. The Morgan fingerprint density at radius 1 is 1.20 bits per heavy atom. The maximum atomic E-state index is 12.1. The SMILES string of the molecule is CCCNC(CC)C(C)c1ccccc1S(=O)(=O)NC. The molecule has 1 rings (SSSR count). The summed E-state index contributed by atoms with van der Waals surface area (Å²) >= 11 is 0. The minimum atomic E-state index is -3.41. The van der Waals surface area contributed by atoms with E-state index in [0.29, 0.717) is 4.90 Å². The van der Waals surface area contributed by atoms with Gasteiger partial charge < -0.3 is 5.32 Å². The number of sulfonamides is 1. The van der Waals surface area contributed by atoms with Crippen molar-refractivity contribution in [2.45, 2.75) is 50.5 Å². The highest BCUT2D eigenvalue weighted by atomic mass is 32.2. The first-order chi connectivity index (χ1) is 9.47. The summed E-state index contributed by atoms with van der Waals surface area (Å²) in [6.07, 6.45) is 2.04. The third kappa shape index (κ3) is 4.04. The molecule has 4 nitrogen and oxygen atoms in total. The van der Waals surface area contributed by atoms with Gasteiger partial charge in [-0.15, -0.1) is 0 Å². The van der Waals surface area contributed by atoms with Crippen LogP contribution in [0.25, 0.3) is 0 Å². The zero-order valence-electron chi connectivity index (χ0n) is 12.8. The van der Waals surface area contributed by atoms with Gasteiger partial charge >= 0.3 is 0 Å². The molecule has 5 heteroatoms. The molecule has 0 saturated heterocycles. The van der Waals surface area contributed by atoms with Gasteiger partial charge in [0.25, 0.3) is 0 Å². The third-order valence-corrected chi connectivity index (χ3v) is 5.16. The zero-order chi connectivity index (χ0) is 15.2. The first-order valence-electron chi connectivity index (χ1n) is 7.23. The van der Waals surface area contributed by atoms with E-state index in [1.807, 2.05) is 12.1 Å². The maximum Gasteiger partial charge on any atom is 0.240 e. The molecule has 0 saturated carbocycles. The van der Waals surface area contributed by atoms with Crippen molar-refractivity contribution in [3.63, 3.8) is 0 Å². The molecule has 0 fully saturated rings. The molecule has 1 aromatic rings. The van der Waals surface area contributed by atoms with Gasteiger partial charge in [-0.25, -0.2) is 13.1 Å². The molecule has 0 aliphatic rings. The Morgan fingerprint density at radius 2 is 1.85 bits per heavy atom. The minimum Gasteiger partial charge on any atom is -0.313 e. The number of hydrogen-bond donors (Lipinski definition) is 2. The second-order valence-electron chi connectivity index (χ2n) is 5.00. The van der Waals surface area contributed by atoms with Gasteiger partial charge in [0.05, 0.1) is 4.90 Å². The Bertz CT molecular complexity index is 514. The van der Waals surface area contributed by atoms with Crippen molar-refractivity contribution in [1.82, 2.24) is 10.0 Å². The fourth-order valence-corrected chi connectivity index (χ4v) is 3.47. The monoisotopic (exact) mass is 298 g/mol. The number of nitrogens with one attached hydrogen (secondary N) is 2. The molecule has 0 bridgehead atoms. The highest BCUT2D eigenvalue weighted by molar-refractivity contribution is 7.89. The lowest BCUT2D eigenvalue weighted by atomic mass is 9.91. The summed E-state index contributed by atoms with van der Waals surface area (Å²) in [7, 11) is -1.97. The molecule has 2 N–H and O–H groups in total. The number of benzene rings is 1. The van der Waals surface area contributed by atoms with Gasteiger partial charge in [0, 0.05) is 6.04 Å². The largest absolute Gasteiger partial charge is 0.313 e. The van der Waals surface area contributed by atoms with Gasteiger partial charge in [-0.3, -0.25) is 0 Å². The van der Waals surface area contributed by atoms with E-state index in [9.17, 15) is 8.42 Å². The first-order valence-corrected chi connectivity index (χ1v) is 8.72. The minimum absolute atomic E-state index is 0.144. The molecular weight excluding hydrogens is 272 g/mol. The lowest BCUT2D eigenvalue weighted by molar-refractivity contribution is 0.434. The lowest BCUT2D eigenvalue weighted by Crippen LogP contribution is -2.34. The van der Waals surface area contributed by atoms with E-state index in [4.69, 9.17) is 0 Å². The van der Waals surface area contributed by atoms with Crippen LogP contribution in [0.4, 0.5) is 0 Å². The molecule has 0 aliphatic heterocycles. The van der Waals surface area contributed by atoms with Crippen molar-refractivity contribution in [1.29, 1.82) is 0 Å². The summed E-state index contributed by atoms with van der Waals surface area (Å²) in [5.74, 6) is 0.144. The van der Waals surface area contributed by atoms with Crippen molar-refractivity contribution in [3.8, 4) is 0 Å². The Balaban J connectivity index is 3.12. The van der Waals surface area contributed by atoms with Crippen molar-refractivity contribution in [3.05, 3.63) is 29.8 Å². The predicted molar refractivity (Wildman–Crippen MR) is 83.5 cm³/mol. The standard InChI is InChI=1S/C15H26N2O2S/c1-5-11-17-14(6-2)12(3)13-9-7-8-10-15(13)20(18,19)16-4/h7-10,12,14,16-17H,5-6,11H2,1-4H3. The third-order valence-electron chi connectivity index (χ3n) is 3.67. The van der Waals surface area contributed by atoms with Crippen LogP contribution in [0, 0.1) is 0 Å². The zero-order valence-corrected chi connectivity index (χ0v) is 13.6. The van der Waals surface area contributed by atoms with E-state index >= 15 is 0 Å². The Morgan fingerprint density at radius 3 is 2.40 bits per heavy atom. The van der Waals surface area contributed by atoms with Gasteiger partial charge in [0.1, 0.15) is 0 Å². The van der Waals surface area contributed by atoms with Gasteiger partial charge in [-0.2, -0.15) is 0 Å². The van der Waals surface area contributed by atoms with Gasteiger partial charge in [0.15, 0.2) is 0 Å². The molecule has 20 heavy (non-hydrogen) atoms. The van der Waals surface area contributed by atoms with E-state index in [-0.39, 0.29) is 12.0 Å². The summed E-state index contributed by atoms with van der Waals surface area (Å²) in [5, 5.41) is 3.50. The summed E-state index contributed by atoms with van der Waals surface area (Å²) in [6, 6.07) is 7.52. The van der Waals surface area contributed by atoms with Crippen LogP contribution in [0.1, 0.15) is 45.1 Å². The van der Waals surface area contributed by atoms with E-state index in [2.05, 4.69) is 30.8 Å². The first kappa shape index (κ1) is 17.1. The molecule has 0 aliphatic carbocycles. The second kappa shape index (κ2) is 7.76. The summed E-state index contributed by atoms with van der Waals surface area (Å²) < 4.78 is 26.6. The van der Waals surface area contributed by atoms with Gasteiger partial charge in [-0.1, -0.05) is 39.0 Å². The van der Waals surface area contributed by atoms with Crippen LogP contribution < -0.4 is 10.0 Å². The van der Waals surface area contributed by atoms with Crippen LogP contribution in [0.15, 0.2) is 29.2 Å². The summed E-state index contributed by atoms with van der Waals surface area (Å²) in [4.78, 5) is 0.381. The Kier molecular flexibility index (Phi) is 6.65. The second-order valence-corrected chi connectivity index (χ2v) is 6.86. The van der Waals surface area contributed by atoms with Crippen molar-refractivity contribution < 1.29 is 8.42 Å². The average Bonchev–Trinajstić information content (AvgIpc) is 2.47. The Labute approximate surface area is 123 Å². The smallest absolute Gasteiger partial charge is 0.240 e. The van der Waals surface area contributed by atoms with E-state index in [1.165, 1.54) is 7.05 Å². The van der Waals surface area contributed by atoms with Crippen LogP contribution in [0.5, 0.6) is 0 Å². The van der Waals surface area contributed by atoms with Crippen LogP contribution in [0.2, 0.25) is 0 Å². The van der Waals surface area contributed by atoms with Crippen LogP contribution in [-0.4, -0.2) is 28.1 Å². The predicted octanol–water partition coefficient (Wildman–Crippen LogP) is 2.48. The van der Waals surface area contributed by atoms with E-state index in [0.717, 1.165) is 24.9 Å². The average molecular weight is 298 g/mol. The molecular formula is C15H26N2O2S. The molecule has 2 atom stereocenters. The highest BCUT2D eigenvalue weighted by Crippen LogP contribution is 2.27. The van der Waals surface area contributed by atoms with Gasteiger partial charge in [-0.05, 0) is 44.0 Å². The number of rotatable bonds is 8.